The molecule has 3 heterocycles. The second-order valence-electron chi connectivity index (χ2n) is 8.50. The quantitative estimate of drug-likeness (QED) is 0.757. The van der Waals surface area contributed by atoms with Gasteiger partial charge in [-0.1, -0.05) is 0 Å². The van der Waals surface area contributed by atoms with Crippen molar-refractivity contribution < 1.29 is 13.2 Å². The van der Waals surface area contributed by atoms with Crippen LogP contribution in [0.5, 0.6) is 0 Å². The summed E-state index contributed by atoms with van der Waals surface area (Å²) in [5.41, 5.74) is 1.08. The third kappa shape index (κ3) is 4.07. The number of fused-ring (bicyclic) bond motifs is 1. The summed E-state index contributed by atoms with van der Waals surface area (Å²) in [7, 11) is -1.02. The van der Waals surface area contributed by atoms with Crippen LogP contribution in [-0.4, -0.2) is 66.8 Å². The summed E-state index contributed by atoms with van der Waals surface area (Å²) in [6, 6.07) is 0.0815. The lowest BCUT2D eigenvalue weighted by Crippen LogP contribution is -2.56. The van der Waals surface area contributed by atoms with Crippen molar-refractivity contribution in [3.05, 3.63) is 16.1 Å². The third-order valence-corrected chi connectivity index (χ3v) is 9.39. The molecule has 1 aliphatic carbocycles. The largest absolute Gasteiger partial charge is 0.342 e. The number of amides is 1. The lowest BCUT2D eigenvalue weighted by molar-refractivity contribution is -0.149. The SMILES string of the molecule is Cc1csc(CN2CC[C@@H]3C[C@@H](C(=O)N(C)C4CCS(=O)(=O)CC4)[C@@H]3C2)n1. The van der Waals surface area contributed by atoms with Crippen molar-refractivity contribution in [2.24, 2.45) is 17.8 Å². The first-order chi connectivity index (χ1) is 12.8. The van der Waals surface area contributed by atoms with Gasteiger partial charge in [-0.05, 0) is 51.0 Å². The van der Waals surface area contributed by atoms with Gasteiger partial charge >= 0.3 is 0 Å². The van der Waals surface area contributed by atoms with E-state index in [1.165, 1.54) is 6.42 Å². The van der Waals surface area contributed by atoms with Gasteiger partial charge in [0.05, 0.1) is 18.1 Å². The number of rotatable bonds is 4. The number of likely N-dealkylation sites (tertiary alicyclic amines) is 1. The smallest absolute Gasteiger partial charge is 0.226 e. The highest BCUT2D eigenvalue weighted by Crippen LogP contribution is 2.47. The Balaban J connectivity index is 1.34. The van der Waals surface area contributed by atoms with Gasteiger partial charge in [-0.15, -0.1) is 11.3 Å². The summed E-state index contributed by atoms with van der Waals surface area (Å²) < 4.78 is 23.3. The standard InChI is InChI=1S/C19H29N3O3S2/c1-13-12-26-18(20-13)11-22-6-3-14-9-16(17(14)10-22)19(23)21(2)15-4-7-27(24,25)8-5-15/h12,14-17H,3-11H2,1-2H3/t14-,16-,17-/m1/s1. The van der Waals surface area contributed by atoms with Crippen molar-refractivity contribution >= 4 is 27.1 Å². The number of hydrogen-bond donors (Lipinski definition) is 0. The molecule has 0 N–H and O–H groups in total. The molecule has 0 radical (unpaired) electrons. The van der Waals surface area contributed by atoms with Crippen molar-refractivity contribution in [1.29, 1.82) is 0 Å². The molecule has 1 amide bonds. The monoisotopic (exact) mass is 411 g/mol. The molecule has 1 aromatic heterocycles. The first-order valence-electron chi connectivity index (χ1n) is 9.93. The second kappa shape index (κ2) is 7.44. The fourth-order valence-corrected chi connectivity index (χ4v) is 7.23. The number of thiazole rings is 1. The van der Waals surface area contributed by atoms with Gasteiger partial charge in [0.1, 0.15) is 14.8 Å². The molecule has 0 spiro atoms. The Morgan fingerprint density at radius 2 is 2.07 bits per heavy atom. The van der Waals surface area contributed by atoms with Crippen molar-refractivity contribution in [3.8, 4) is 0 Å². The molecule has 150 valence electrons. The van der Waals surface area contributed by atoms with Crippen molar-refractivity contribution in [1.82, 2.24) is 14.8 Å². The van der Waals surface area contributed by atoms with Crippen LogP contribution in [0.15, 0.2) is 5.38 Å². The zero-order valence-corrected chi connectivity index (χ0v) is 17.8. The molecule has 27 heavy (non-hydrogen) atoms. The van der Waals surface area contributed by atoms with Gasteiger partial charge < -0.3 is 4.90 Å². The van der Waals surface area contributed by atoms with Crippen LogP contribution in [-0.2, 0) is 21.2 Å². The summed E-state index contributed by atoms with van der Waals surface area (Å²) >= 11 is 1.72. The summed E-state index contributed by atoms with van der Waals surface area (Å²) in [6.45, 7) is 4.99. The van der Waals surface area contributed by atoms with Crippen LogP contribution in [0.1, 0.15) is 36.4 Å². The fraction of sp³-hybridized carbons (Fsp3) is 0.789. The van der Waals surface area contributed by atoms with E-state index in [0.29, 0.717) is 24.7 Å². The number of hydrogen-bond acceptors (Lipinski definition) is 6. The van der Waals surface area contributed by atoms with E-state index in [-0.39, 0.29) is 29.4 Å². The van der Waals surface area contributed by atoms with Gasteiger partial charge in [0.25, 0.3) is 0 Å². The third-order valence-electron chi connectivity index (χ3n) is 6.73. The predicted octanol–water partition coefficient (Wildman–Crippen LogP) is 1.95. The van der Waals surface area contributed by atoms with E-state index in [0.717, 1.165) is 36.8 Å². The first kappa shape index (κ1) is 19.3. The van der Waals surface area contributed by atoms with Gasteiger partial charge in [-0.3, -0.25) is 9.69 Å². The Hall–Kier alpha value is -0.990. The van der Waals surface area contributed by atoms with Crippen LogP contribution in [0.3, 0.4) is 0 Å². The van der Waals surface area contributed by atoms with Gasteiger partial charge in [-0.25, -0.2) is 13.4 Å². The van der Waals surface area contributed by atoms with E-state index in [2.05, 4.69) is 15.3 Å². The summed E-state index contributed by atoms with van der Waals surface area (Å²) in [4.78, 5) is 21.9. The van der Waals surface area contributed by atoms with Crippen LogP contribution in [0.25, 0.3) is 0 Å². The van der Waals surface area contributed by atoms with Gasteiger partial charge in [0, 0.05) is 36.6 Å². The van der Waals surface area contributed by atoms with Crippen LogP contribution < -0.4 is 0 Å². The summed E-state index contributed by atoms with van der Waals surface area (Å²) in [5, 5.41) is 3.26. The molecular formula is C19H29N3O3S2. The Bertz CT molecular complexity index is 793. The topological polar surface area (TPSA) is 70.6 Å². The maximum atomic E-state index is 13.1. The Morgan fingerprint density at radius 1 is 1.33 bits per heavy atom. The minimum Gasteiger partial charge on any atom is -0.342 e. The van der Waals surface area contributed by atoms with Crippen LogP contribution in [0, 0.1) is 24.7 Å². The Morgan fingerprint density at radius 3 is 2.74 bits per heavy atom. The molecule has 1 saturated carbocycles. The fourth-order valence-electron chi connectivity index (χ4n) is 4.96. The maximum absolute atomic E-state index is 13.1. The average Bonchev–Trinajstić information content (AvgIpc) is 3.01. The second-order valence-corrected chi connectivity index (χ2v) is 11.8. The lowest BCUT2D eigenvalue weighted by atomic mass is 9.61. The number of carbonyl (C=O) groups excluding carboxylic acids is 1. The Kier molecular flexibility index (Phi) is 5.33. The zero-order valence-electron chi connectivity index (χ0n) is 16.1. The number of aromatic nitrogens is 1. The predicted molar refractivity (Wildman–Crippen MR) is 106 cm³/mol. The van der Waals surface area contributed by atoms with E-state index in [4.69, 9.17) is 0 Å². The van der Waals surface area contributed by atoms with Gasteiger partial charge in [-0.2, -0.15) is 0 Å². The molecular weight excluding hydrogens is 382 g/mol. The molecule has 3 aliphatic rings. The van der Waals surface area contributed by atoms with Gasteiger partial charge in [0.15, 0.2) is 0 Å². The van der Waals surface area contributed by atoms with Crippen molar-refractivity contribution in [2.45, 2.75) is 45.2 Å². The van der Waals surface area contributed by atoms with E-state index in [1.807, 2.05) is 18.9 Å². The first-order valence-corrected chi connectivity index (χ1v) is 12.6. The number of aryl methyl sites for hydroxylation is 1. The van der Waals surface area contributed by atoms with Crippen LogP contribution >= 0.6 is 11.3 Å². The highest BCUT2D eigenvalue weighted by Gasteiger charge is 2.49. The van der Waals surface area contributed by atoms with E-state index < -0.39 is 9.84 Å². The normalized spacial score (nSPS) is 31.1. The molecule has 6 nitrogen and oxygen atoms in total. The minimum absolute atomic E-state index is 0.0815. The number of nitrogens with zero attached hydrogens (tertiary/aromatic N) is 3. The van der Waals surface area contributed by atoms with E-state index in [1.54, 1.807) is 11.3 Å². The molecule has 4 rings (SSSR count). The molecule has 3 atom stereocenters. The molecule has 0 aromatic carbocycles. The Labute approximate surface area is 165 Å². The van der Waals surface area contributed by atoms with Crippen molar-refractivity contribution in [3.63, 3.8) is 0 Å². The molecule has 8 heteroatoms. The van der Waals surface area contributed by atoms with Crippen LogP contribution in [0.2, 0.25) is 0 Å². The molecule has 1 aromatic rings. The summed E-state index contributed by atoms with van der Waals surface area (Å²) in [5.74, 6) is 1.89. The highest BCUT2D eigenvalue weighted by atomic mass is 32.2. The van der Waals surface area contributed by atoms with Gasteiger partial charge in [0.2, 0.25) is 5.91 Å². The zero-order chi connectivity index (χ0) is 19.2. The number of carbonyl (C=O) groups is 1. The molecule has 2 aliphatic heterocycles. The average molecular weight is 412 g/mol. The minimum atomic E-state index is -2.89. The number of sulfone groups is 1. The number of piperidine rings is 1. The maximum Gasteiger partial charge on any atom is 0.226 e. The van der Waals surface area contributed by atoms with Crippen molar-refractivity contribution in [2.75, 3.05) is 31.6 Å². The summed E-state index contributed by atoms with van der Waals surface area (Å²) in [6.07, 6.45) is 3.34. The lowest BCUT2D eigenvalue weighted by Gasteiger charge is -2.51. The molecule has 0 bridgehead atoms. The molecule has 0 unspecified atom stereocenters. The van der Waals surface area contributed by atoms with Crippen LogP contribution in [0.4, 0.5) is 0 Å². The highest BCUT2D eigenvalue weighted by molar-refractivity contribution is 7.91. The van der Waals surface area contributed by atoms with E-state index in [9.17, 15) is 13.2 Å². The van der Waals surface area contributed by atoms with E-state index >= 15 is 0 Å². The molecule has 3 fully saturated rings. The molecule has 2 saturated heterocycles.